The molecule has 1 saturated heterocycles. The van der Waals surface area contributed by atoms with Gasteiger partial charge in [-0.25, -0.2) is 0 Å². The van der Waals surface area contributed by atoms with Crippen LogP contribution in [0.1, 0.15) is 76.7 Å². The molecule has 6 unspecified atom stereocenters. The molecule has 6 rings (SSSR count). The Morgan fingerprint density at radius 3 is 2.56 bits per heavy atom. The summed E-state index contributed by atoms with van der Waals surface area (Å²) >= 11 is 0. The summed E-state index contributed by atoms with van der Waals surface area (Å²) in [5, 5.41) is 13.0. The van der Waals surface area contributed by atoms with Gasteiger partial charge in [0, 0.05) is 36.6 Å². The molecule has 6 nitrogen and oxygen atoms in total. The van der Waals surface area contributed by atoms with Gasteiger partial charge in [-0.2, -0.15) is 0 Å². The van der Waals surface area contributed by atoms with Crippen molar-refractivity contribution in [2.45, 2.75) is 77.2 Å². The van der Waals surface area contributed by atoms with E-state index in [0.717, 1.165) is 75.9 Å². The van der Waals surface area contributed by atoms with Crippen molar-refractivity contribution >= 4 is 17.2 Å². The van der Waals surface area contributed by atoms with E-state index < -0.39 is 0 Å². The molecule has 1 aromatic carbocycles. The fourth-order valence-corrected chi connectivity index (χ4v) is 9.02. The lowest BCUT2D eigenvalue weighted by molar-refractivity contribution is -0.133. The van der Waals surface area contributed by atoms with E-state index in [1.807, 2.05) is 0 Å². The third-order valence-electron chi connectivity index (χ3n) is 10.8. The maximum Gasteiger partial charge on any atom is 0.141 e. The van der Waals surface area contributed by atoms with Crippen LogP contribution in [0.15, 0.2) is 40.6 Å². The van der Waals surface area contributed by atoms with Crippen LogP contribution in [0.4, 0.5) is 0 Å². The molecule has 8 atom stereocenters. The molecule has 4 aliphatic carbocycles. The molecule has 1 aliphatic heterocycles. The van der Waals surface area contributed by atoms with Crippen LogP contribution in [0.2, 0.25) is 0 Å². The molecule has 1 heterocycles. The number of rotatable bonds is 4. The number of hydrogen-bond donors (Lipinski definition) is 1. The summed E-state index contributed by atoms with van der Waals surface area (Å²) in [6.45, 7) is 6.62. The molecule has 4 saturated carbocycles. The number of oxime groups is 2. The summed E-state index contributed by atoms with van der Waals surface area (Å²) < 4.78 is 0. The summed E-state index contributed by atoms with van der Waals surface area (Å²) in [4.78, 5) is 24.6. The number of nitrogens with zero attached hydrogens (tertiary/aromatic N) is 2. The molecule has 6 heteroatoms. The van der Waals surface area contributed by atoms with Gasteiger partial charge < -0.3 is 15.0 Å². The van der Waals surface area contributed by atoms with E-state index in [2.05, 4.69) is 49.5 Å². The Hall–Kier alpha value is -2.21. The Bertz CT molecular complexity index is 1050. The monoisotopic (exact) mass is 491 g/mol. The first kappa shape index (κ1) is 24.1. The molecule has 0 bridgehead atoms. The van der Waals surface area contributed by atoms with Gasteiger partial charge in [0.2, 0.25) is 0 Å². The molecule has 0 radical (unpaired) electrons. The molecule has 0 amide bonds. The van der Waals surface area contributed by atoms with Crippen LogP contribution in [0, 0.1) is 34.5 Å². The van der Waals surface area contributed by atoms with Crippen LogP contribution >= 0.6 is 0 Å². The van der Waals surface area contributed by atoms with E-state index >= 15 is 0 Å². The van der Waals surface area contributed by atoms with E-state index in [-0.39, 0.29) is 28.8 Å². The standard InChI is InChI=1S/C30H41N3O3/c1-29-14-11-23-21(22(29)9-10-26(29)34)17-25(32-35-3)28-27(19-7-5-4-6-8-19)24(12-15-30(23,28)2)33-36-20-13-16-31-18-20/h4-8,20-23,27-28,31H,9-18H2,1-3H3/b32-25+,33-24?/t20?,21?,22?,23?,27?,28?,29-,30+/m0/s1. The summed E-state index contributed by atoms with van der Waals surface area (Å²) in [5.41, 5.74) is 3.54. The second kappa shape index (κ2) is 9.27. The number of nitrogens with one attached hydrogen (secondary N) is 1. The van der Waals surface area contributed by atoms with Crippen molar-refractivity contribution in [2.75, 3.05) is 20.2 Å². The topological polar surface area (TPSA) is 72.3 Å². The minimum absolute atomic E-state index is 0.0850. The minimum atomic E-state index is -0.147. The van der Waals surface area contributed by atoms with Gasteiger partial charge in [0.1, 0.15) is 19.0 Å². The summed E-state index contributed by atoms with van der Waals surface area (Å²) in [5.74, 6) is 2.40. The van der Waals surface area contributed by atoms with Crippen molar-refractivity contribution in [2.24, 2.45) is 44.8 Å². The number of ketones is 1. The maximum atomic E-state index is 12.9. The van der Waals surface area contributed by atoms with E-state index in [0.29, 0.717) is 23.5 Å². The highest BCUT2D eigenvalue weighted by Crippen LogP contribution is 2.66. The SMILES string of the molecule is CO/N=C1\CC2C(CC[C@]3(C)C(=O)CCC23)[C@@]2(C)CCC(=NOC3CCNC3)C(c3ccccc3)C12. The van der Waals surface area contributed by atoms with Crippen LogP contribution in [-0.2, 0) is 14.5 Å². The lowest BCUT2D eigenvalue weighted by Crippen LogP contribution is -2.58. The van der Waals surface area contributed by atoms with Crippen molar-refractivity contribution in [3.63, 3.8) is 0 Å². The number of fused-ring (bicyclic) bond motifs is 5. The van der Waals surface area contributed by atoms with Crippen LogP contribution in [0.5, 0.6) is 0 Å². The van der Waals surface area contributed by atoms with Crippen molar-refractivity contribution < 1.29 is 14.5 Å². The third kappa shape index (κ3) is 3.74. The fraction of sp³-hybridized carbons (Fsp3) is 0.700. The summed E-state index contributed by atoms with van der Waals surface area (Å²) in [6, 6.07) is 10.8. The Balaban J connectivity index is 1.41. The smallest absolute Gasteiger partial charge is 0.141 e. The quantitative estimate of drug-likeness (QED) is 0.577. The Morgan fingerprint density at radius 1 is 0.972 bits per heavy atom. The molecular weight excluding hydrogens is 450 g/mol. The van der Waals surface area contributed by atoms with E-state index in [1.54, 1.807) is 7.11 Å². The van der Waals surface area contributed by atoms with E-state index in [1.165, 1.54) is 5.56 Å². The predicted molar refractivity (Wildman–Crippen MR) is 141 cm³/mol. The highest BCUT2D eigenvalue weighted by atomic mass is 16.6. The molecule has 194 valence electrons. The zero-order valence-corrected chi connectivity index (χ0v) is 22.0. The van der Waals surface area contributed by atoms with Gasteiger partial charge in [-0.15, -0.1) is 0 Å². The molecule has 36 heavy (non-hydrogen) atoms. The zero-order chi connectivity index (χ0) is 24.9. The first-order valence-electron chi connectivity index (χ1n) is 14.1. The van der Waals surface area contributed by atoms with Gasteiger partial charge in [0.15, 0.2) is 0 Å². The highest BCUT2D eigenvalue weighted by Gasteiger charge is 2.63. The second-order valence-electron chi connectivity index (χ2n) is 12.4. The average molecular weight is 492 g/mol. The largest absolute Gasteiger partial charge is 0.399 e. The van der Waals surface area contributed by atoms with Crippen molar-refractivity contribution in [3.05, 3.63) is 35.9 Å². The van der Waals surface area contributed by atoms with E-state index in [9.17, 15) is 4.79 Å². The van der Waals surface area contributed by atoms with Gasteiger partial charge >= 0.3 is 0 Å². The number of Topliss-reactive ketones (excluding diaryl/α,β-unsaturated/α-hetero) is 1. The Morgan fingerprint density at radius 2 is 1.81 bits per heavy atom. The van der Waals surface area contributed by atoms with Crippen LogP contribution in [0.3, 0.4) is 0 Å². The summed E-state index contributed by atoms with van der Waals surface area (Å²) in [7, 11) is 1.67. The minimum Gasteiger partial charge on any atom is -0.399 e. The Labute approximate surface area is 215 Å². The van der Waals surface area contributed by atoms with Crippen molar-refractivity contribution in [1.82, 2.24) is 5.32 Å². The number of hydrogen-bond acceptors (Lipinski definition) is 6. The Kier molecular flexibility index (Phi) is 6.22. The predicted octanol–water partition coefficient (Wildman–Crippen LogP) is 5.34. The number of benzene rings is 1. The lowest BCUT2D eigenvalue weighted by Gasteiger charge is -2.61. The molecule has 5 fully saturated rings. The van der Waals surface area contributed by atoms with Gasteiger partial charge in [-0.1, -0.05) is 54.5 Å². The lowest BCUT2D eigenvalue weighted by atomic mass is 9.43. The summed E-state index contributed by atoms with van der Waals surface area (Å²) in [6.07, 6.45) is 8.06. The highest BCUT2D eigenvalue weighted by molar-refractivity contribution is 6.00. The average Bonchev–Trinajstić information content (AvgIpc) is 3.51. The number of carbonyl (C=O) groups excluding carboxylic acids is 1. The van der Waals surface area contributed by atoms with Crippen molar-refractivity contribution in [1.29, 1.82) is 0 Å². The second-order valence-corrected chi connectivity index (χ2v) is 12.4. The molecule has 0 spiro atoms. The maximum absolute atomic E-state index is 12.9. The van der Waals surface area contributed by atoms with Gasteiger partial charge in [0.05, 0.1) is 11.4 Å². The normalized spacial score (nSPS) is 44.2. The molecule has 5 aliphatic rings. The van der Waals surface area contributed by atoms with E-state index in [4.69, 9.17) is 20.0 Å². The molecule has 1 aromatic rings. The first-order chi connectivity index (χ1) is 17.5. The van der Waals surface area contributed by atoms with Crippen LogP contribution in [0.25, 0.3) is 0 Å². The zero-order valence-electron chi connectivity index (χ0n) is 22.0. The third-order valence-corrected chi connectivity index (χ3v) is 10.8. The van der Waals surface area contributed by atoms with Crippen LogP contribution < -0.4 is 5.32 Å². The molecule has 0 aromatic heterocycles. The molecule has 1 N–H and O–H groups in total. The van der Waals surface area contributed by atoms with Crippen LogP contribution in [-0.4, -0.2) is 43.5 Å². The van der Waals surface area contributed by atoms with Gasteiger partial charge in [-0.3, -0.25) is 4.79 Å². The van der Waals surface area contributed by atoms with Gasteiger partial charge in [0.25, 0.3) is 0 Å². The van der Waals surface area contributed by atoms with Gasteiger partial charge in [-0.05, 0) is 73.8 Å². The number of carbonyl (C=O) groups is 1. The molecular formula is C30H41N3O3. The van der Waals surface area contributed by atoms with Crippen molar-refractivity contribution in [3.8, 4) is 0 Å². The first-order valence-corrected chi connectivity index (χ1v) is 14.1. The fourth-order valence-electron chi connectivity index (χ4n) is 9.02.